The van der Waals surface area contributed by atoms with Crippen molar-refractivity contribution in [1.29, 1.82) is 0 Å². The van der Waals surface area contributed by atoms with Crippen molar-refractivity contribution in [3.8, 4) is 0 Å². The van der Waals surface area contributed by atoms with Gasteiger partial charge in [0.15, 0.2) is 0 Å². The van der Waals surface area contributed by atoms with Gasteiger partial charge in [0.25, 0.3) is 0 Å². The second kappa shape index (κ2) is 8.24. The lowest BCUT2D eigenvalue weighted by Gasteiger charge is -2.22. The van der Waals surface area contributed by atoms with Crippen molar-refractivity contribution in [2.45, 2.75) is 39.5 Å². The molecule has 1 aromatic heterocycles. The van der Waals surface area contributed by atoms with Crippen LogP contribution in [-0.4, -0.2) is 37.2 Å². The lowest BCUT2D eigenvalue weighted by molar-refractivity contribution is -0.116. The second-order valence-corrected chi connectivity index (χ2v) is 6.77. The molecule has 1 saturated heterocycles. The van der Waals surface area contributed by atoms with Crippen LogP contribution in [0.25, 0.3) is 0 Å². The summed E-state index contributed by atoms with van der Waals surface area (Å²) >= 11 is 0. The molecule has 27 heavy (non-hydrogen) atoms. The minimum Gasteiger partial charge on any atom is -0.465 e. The Morgan fingerprint density at radius 1 is 1.26 bits per heavy atom. The van der Waals surface area contributed by atoms with Crippen LogP contribution in [0.4, 0.5) is 11.4 Å². The fourth-order valence-corrected chi connectivity index (χ4v) is 3.42. The van der Waals surface area contributed by atoms with Crippen LogP contribution in [-0.2, 0) is 16.0 Å². The van der Waals surface area contributed by atoms with E-state index in [1.54, 1.807) is 12.1 Å². The third kappa shape index (κ3) is 4.30. The maximum atomic E-state index is 12.6. The van der Waals surface area contributed by atoms with Crippen molar-refractivity contribution in [2.75, 3.05) is 30.4 Å². The van der Waals surface area contributed by atoms with E-state index >= 15 is 0 Å². The van der Waals surface area contributed by atoms with Crippen LogP contribution in [0, 0.1) is 13.8 Å². The summed E-state index contributed by atoms with van der Waals surface area (Å²) in [4.78, 5) is 26.7. The first kappa shape index (κ1) is 18.9. The van der Waals surface area contributed by atoms with Crippen LogP contribution in [0.15, 0.2) is 22.7 Å². The number of hydrogen-bond donors (Lipinski definition) is 1. The number of esters is 1. The normalized spacial score (nSPS) is 13.7. The number of ether oxygens (including phenoxy) is 1. The summed E-state index contributed by atoms with van der Waals surface area (Å²) in [6.07, 6.45) is 3.11. The molecule has 1 N–H and O–H groups in total. The van der Waals surface area contributed by atoms with Crippen LogP contribution in [0.3, 0.4) is 0 Å². The van der Waals surface area contributed by atoms with Gasteiger partial charge >= 0.3 is 5.97 Å². The van der Waals surface area contributed by atoms with E-state index in [9.17, 15) is 9.59 Å². The lowest BCUT2D eigenvalue weighted by atomic mass is 10.1. The molecule has 3 rings (SSSR count). The second-order valence-electron chi connectivity index (χ2n) is 6.77. The molecule has 1 aromatic carbocycles. The number of carbonyl (C=O) groups excluding carboxylic acids is 2. The maximum absolute atomic E-state index is 12.6. The highest BCUT2D eigenvalue weighted by atomic mass is 16.5. The van der Waals surface area contributed by atoms with Crippen LogP contribution in [0.2, 0.25) is 0 Å². The van der Waals surface area contributed by atoms with Gasteiger partial charge in [0.05, 0.1) is 29.7 Å². The largest absolute Gasteiger partial charge is 0.465 e. The Bertz CT molecular complexity index is 818. The zero-order valence-electron chi connectivity index (χ0n) is 16.0. The molecule has 0 saturated carbocycles. The van der Waals surface area contributed by atoms with E-state index < -0.39 is 5.97 Å². The number of amides is 1. The van der Waals surface area contributed by atoms with Gasteiger partial charge in [-0.3, -0.25) is 4.79 Å². The molecule has 1 aliphatic heterocycles. The van der Waals surface area contributed by atoms with Crippen LogP contribution >= 0.6 is 0 Å². The van der Waals surface area contributed by atoms with Gasteiger partial charge in [-0.15, -0.1) is 0 Å². The Hall–Kier alpha value is -2.83. The van der Waals surface area contributed by atoms with Crippen molar-refractivity contribution in [1.82, 2.24) is 5.16 Å². The summed E-state index contributed by atoms with van der Waals surface area (Å²) < 4.78 is 9.95. The van der Waals surface area contributed by atoms with Crippen molar-refractivity contribution in [3.63, 3.8) is 0 Å². The lowest BCUT2D eigenvalue weighted by Crippen LogP contribution is -2.22. The van der Waals surface area contributed by atoms with E-state index in [0.29, 0.717) is 24.1 Å². The van der Waals surface area contributed by atoms with E-state index in [2.05, 4.69) is 15.4 Å². The molecule has 0 aliphatic carbocycles. The predicted molar refractivity (Wildman–Crippen MR) is 102 cm³/mol. The van der Waals surface area contributed by atoms with E-state index in [0.717, 1.165) is 48.6 Å². The van der Waals surface area contributed by atoms with Crippen LogP contribution in [0.5, 0.6) is 0 Å². The van der Waals surface area contributed by atoms with Crippen molar-refractivity contribution >= 4 is 23.3 Å². The number of methoxy groups -OCH3 is 1. The number of benzene rings is 1. The summed E-state index contributed by atoms with van der Waals surface area (Å²) in [5, 5.41) is 6.89. The fourth-order valence-electron chi connectivity index (χ4n) is 3.42. The summed E-state index contributed by atoms with van der Waals surface area (Å²) in [6, 6.07) is 5.30. The van der Waals surface area contributed by atoms with Crippen molar-refractivity contribution in [3.05, 3.63) is 40.8 Å². The molecular formula is C20H25N3O4. The van der Waals surface area contributed by atoms with Crippen LogP contribution in [0.1, 0.15) is 46.6 Å². The molecule has 144 valence electrons. The topological polar surface area (TPSA) is 84.7 Å². The monoisotopic (exact) mass is 371 g/mol. The number of nitrogens with zero attached hydrogens (tertiary/aromatic N) is 2. The van der Waals surface area contributed by atoms with Gasteiger partial charge in [-0.1, -0.05) is 5.16 Å². The molecule has 0 atom stereocenters. The van der Waals surface area contributed by atoms with Gasteiger partial charge in [-0.05, 0) is 51.3 Å². The number of hydrogen-bond acceptors (Lipinski definition) is 6. The highest BCUT2D eigenvalue weighted by Gasteiger charge is 2.19. The first-order valence-electron chi connectivity index (χ1n) is 9.18. The quantitative estimate of drug-likeness (QED) is 0.785. The van der Waals surface area contributed by atoms with E-state index in [1.807, 2.05) is 19.9 Å². The molecular weight excluding hydrogens is 346 g/mol. The minimum atomic E-state index is -0.422. The van der Waals surface area contributed by atoms with Gasteiger partial charge < -0.3 is 19.5 Å². The number of nitrogens with one attached hydrogen (secondary N) is 1. The average Bonchev–Trinajstić information content (AvgIpc) is 3.30. The van der Waals surface area contributed by atoms with Gasteiger partial charge in [0.1, 0.15) is 5.76 Å². The molecule has 7 heteroatoms. The van der Waals surface area contributed by atoms with Crippen molar-refractivity contribution < 1.29 is 18.8 Å². The maximum Gasteiger partial charge on any atom is 0.337 e. The third-order valence-electron chi connectivity index (χ3n) is 4.92. The van der Waals surface area contributed by atoms with Gasteiger partial charge in [0, 0.05) is 25.1 Å². The molecule has 2 heterocycles. The molecule has 0 radical (unpaired) electrons. The molecule has 0 spiro atoms. The first-order chi connectivity index (χ1) is 13.0. The fraction of sp³-hybridized carbons (Fsp3) is 0.450. The molecule has 1 aliphatic rings. The minimum absolute atomic E-state index is 0.113. The SMILES string of the molecule is COC(=O)c1ccc(N2CCCC2)c(NC(=O)CCc2c(C)noc2C)c1. The average molecular weight is 371 g/mol. The number of carbonyl (C=O) groups is 2. The Kier molecular flexibility index (Phi) is 5.78. The number of rotatable bonds is 6. The zero-order valence-corrected chi connectivity index (χ0v) is 16.0. The number of aryl methyl sites for hydroxylation is 2. The van der Waals surface area contributed by atoms with E-state index in [1.165, 1.54) is 7.11 Å². The predicted octanol–water partition coefficient (Wildman–Crippen LogP) is 3.25. The number of aromatic nitrogens is 1. The molecule has 7 nitrogen and oxygen atoms in total. The van der Waals surface area contributed by atoms with Crippen molar-refractivity contribution in [2.24, 2.45) is 0 Å². The molecule has 0 unspecified atom stereocenters. The Balaban J connectivity index is 1.76. The zero-order chi connectivity index (χ0) is 19.4. The summed E-state index contributed by atoms with van der Waals surface area (Å²) in [7, 11) is 1.35. The Morgan fingerprint density at radius 3 is 2.63 bits per heavy atom. The molecule has 2 aromatic rings. The summed E-state index contributed by atoms with van der Waals surface area (Å²) in [5.74, 6) is 0.206. The standard InChI is InChI=1S/C20H25N3O4/c1-13-16(14(2)27-22-13)7-9-19(24)21-17-12-15(20(25)26-3)6-8-18(17)23-10-4-5-11-23/h6,8,12H,4-5,7,9-11H2,1-3H3,(H,21,24). The Labute approximate surface area is 158 Å². The van der Waals surface area contributed by atoms with Gasteiger partial charge in [-0.2, -0.15) is 0 Å². The van der Waals surface area contributed by atoms with Gasteiger partial charge in [0.2, 0.25) is 5.91 Å². The smallest absolute Gasteiger partial charge is 0.337 e. The Morgan fingerprint density at radius 2 is 2.00 bits per heavy atom. The molecule has 1 amide bonds. The van der Waals surface area contributed by atoms with Gasteiger partial charge in [-0.25, -0.2) is 4.79 Å². The molecule has 0 bridgehead atoms. The van der Waals surface area contributed by atoms with E-state index in [4.69, 9.17) is 9.26 Å². The van der Waals surface area contributed by atoms with E-state index in [-0.39, 0.29) is 5.91 Å². The van der Waals surface area contributed by atoms with Crippen LogP contribution < -0.4 is 10.2 Å². The number of anilines is 2. The highest BCUT2D eigenvalue weighted by molar-refractivity contribution is 5.98. The first-order valence-corrected chi connectivity index (χ1v) is 9.18. The summed E-state index contributed by atoms with van der Waals surface area (Å²) in [6.45, 7) is 5.60. The molecule has 1 fully saturated rings. The summed E-state index contributed by atoms with van der Waals surface area (Å²) in [5.41, 5.74) is 3.77. The highest BCUT2D eigenvalue weighted by Crippen LogP contribution is 2.30. The third-order valence-corrected chi connectivity index (χ3v) is 4.92.